The molecule has 1 aromatic carbocycles. The van der Waals surface area contributed by atoms with Gasteiger partial charge in [0.1, 0.15) is 5.76 Å². The number of nitrogens with zero attached hydrogens (tertiary/aromatic N) is 4. The Labute approximate surface area is 152 Å². The maximum atomic E-state index is 5.39. The van der Waals surface area contributed by atoms with Crippen LogP contribution in [0, 0.1) is 13.8 Å². The molecule has 0 saturated heterocycles. The summed E-state index contributed by atoms with van der Waals surface area (Å²) in [5, 5.41) is 4.12. The van der Waals surface area contributed by atoms with E-state index in [-0.39, 0.29) is 0 Å². The van der Waals surface area contributed by atoms with E-state index in [2.05, 4.69) is 70.1 Å². The summed E-state index contributed by atoms with van der Waals surface area (Å²) in [6, 6.07) is 10.9. The highest BCUT2D eigenvalue weighted by atomic mass is 16.5. The van der Waals surface area contributed by atoms with Gasteiger partial charge < -0.3 is 13.8 Å². The summed E-state index contributed by atoms with van der Waals surface area (Å²) in [5.41, 5.74) is 7.69. The number of pyridine rings is 1. The van der Waals surface area contributed by atoms with Gasteiger partial charge in [0.05, 0.1) is 23.7 Å². The van der Waals surface area contributed by atoms with Gasteiger partial charge in [0.15, 0.2) is 0 Å². The molecular weight excluding hydrogens is 324 g/mol. The minimum Gasteiger partial charge on any atom is -0.361 e. The average molecular weight is 346 g/mol. The first-order valence-corrected chi connectivity index (χ1v) is 8.66. The number of benzene rings is 1. The molecule has 0 aliphatic rings. The Kier molecular flexibility index (Phi) is 4.09. The van der Waals surface area contributed by atoms with Crippen molar-refractivity contribution in [1.29, 1.82) is 0 Å². The van der Waals surface area contributed by atoms with Crippen molar-refractivity contribution < 1.29 is 4.52 Å². The molecule has 3 heterocycles. The molecule has 0 atom stereocenters. The van der Waals surface area contributed by atoms with Crippen molar-refractivity contribution in [3.63, 3.8) is 0 Å². The van der Waals surface area contributed by atoms with Gasteiger partial charge in [-0.2, -0.15) is 0 Å². The van der Waals surface area contributed by atoms with Gasteiger partial charge in [-0.1, -0.05) is 29.4 Å². The molecule has 0 amide bonds. The maximum absolute atomic E-state index is 5.39. The summed E-state index contributed by atoms with van der Waals surface area (Å²) in [5.74, 6) is 0.823. The molecular formula is C21H22N4O. The zero-order valence-corrected chi connectivity index (χ0v) is 15.5. The Bertz CT molecular complexity index is 1040. The Morgan fingerprint density at radius 2 is 1.85 bits per heavy atom. The number of hydrogen-bond acceptors (Lipinski definition) is 4. The molecule has 4 rings (SSSR count). The molecule has 26 heavy (non-hydrogen) atoms. The molecule has 0 bridgehead atoms. The third-order valence-electron chi connectivity index (χ3n) is 4.61. The molecule has 4 aromatic rings. The van der Waals surface area contributed by atoms with Crippen LogP contribution in [0.2, 0.25) is 0 Å². The molecule has 0 spiro atoms. The topological polar surface area (TPSA) is 46.6 Å². The average Bonchev–Trinajstić information content (AvgIpc) is 3.21. The monoisotopic (exact) mass is 346 g/mol. The van der Waals surface area contributed by atoms with E-state index >= 15 is 0 Å². The zero-order valence-electron chi connectivity index (χ0n) is 15.5. The summed E-state index contributed by atoms with van der Waals surface area (Å²) < 4.78 is 7.45. The van der Waals surface area contributed by atoms with Crippen molar-refractivity contribution in [2.75, 3.05) is 14.1 Å². The van der Waals surface area contributed by atoms with E-state index in [0.29, 0.717) is 0 Å². The van der Waals surface area contributed by atoms with Crippen LogP contribution >= 0.6 is 0 Å². The van der Waals surface area contributed by atoms with E-state index in [9.17, 15) is 0 Å². The van der Waals surface area contributed by atoms with Crippen molar-refractivity contribution in [3.05, 3.63) is 66.1 Å². The van der Waals surface area contributed by atoms with Crippen molar-refractivity contribution >= 4 is 5.52 Å². The molecule has 0 aliphatic heterocycles. The molecule has 0 fully saturated rings. The van der Waals surface area contributed by atoms with Crippen molar-refractivity contribution in [1.82, 2.24) is 19.4 Å². The fourth-order valence-corrected chi connectivity index (χ4v) is 3.43. The summed E-state index contributed by atoms with van der Waals surface area (Å²) in [7, 11) is 4.16. The van der Waals surface area contributed by atoms with Crippen LogP contribution in [0.15, 0.2) is 53.6 Å². The Morgan fingerprint density at radius 3 is 2.50 bits per heavy atom. The lowest BCUT2D eigenvalue weighted by Crippen LogP contribution is -2.10. The standard InChI is InChI=1S/C21H22N4O/c1-14-21(15(2)26-23-14)19-9-18(12-25-13-22-10-20(19)25)17-7-5-16(6-8-17)11-24(3)4/h5-10,12-13H,11H2,1-4H3. The lowest BCUT2D eigenvalue weighted by atomic mass is 9.98. The predicted molar refractivity (Wildman–Crippen MR) is 103 cm³/mol. The zero-order chi connectivity index (χ0) is 18.3. The number of fused-ring (bicyclic) bond motifs is 1. The van der Waals surface area contributed by atoms with Gasteiger partial charge in [-0.15, -0.1) is 0 Å². The summed E-state index contributed by atoms with van der Waals surface area (Å²) >= 11 is 0. The highest BCUT2D eigenvalue weighted by molar-refractivity contribution is 5.85. The number of aryl methyl sites for hydroxylation is 2. The molecule has 0 saturated carbocycles. The summed E-state index contributed by atoms with van der Waals surface area (Å²) in [6.07, 6.45) is 5.83. The van der Waals surface area contributed by atoms with E-state index in [1.54, 1.807) is 0 Å². The van der Waals surface area contributed by atoms with Crippen LogP contribution in [0.1, 0.15) is 17.0 Å². The fraction of sp³-hybridized carbons (Fsp3) is 0.238. The third-order valence-corrected chi connectivity index (χ3v) is 4.61. The smallest absolute Gasteiger partial charge is 0.141 e. The number of imidazole rings is 1. The van der Waals surface area contributed by atoms with Crippen LogP contribution in [0.3, 0.4) is 0 Å². The molecule has 5 heteroatoms. The highest BCUT2D eigenvalue weighted by Crippen LogP contribution is 2.34. The second-order valence-corrected chi connectivity index (χ2v) is 6.96. The SMILES string of the molecule is Cc1noc(C)c1-c1cc(-c2ccc(CN(C)C)cc2)cn2cncc12. The van der Waals surface area contributed by atoms with Crippen LogP contribution < -0.4 is 0 Å². The third kappa shape index (κ3) is 2.91. The minimum absolute atomic E-state index is 0.823. The van der Waals surface area contributed by atoms with Gasteiger partial charge in [0.25, 0.3) is 0 Å². The molecule has 132 valence electrons. The fourth-order valence-electron chi connectivity index (χ4n) is 3.43. The van der Waals surface area contributed by atoms with Crippen molar-refractivity contribution in [3.8, 4) is 22.3 Å². The Balaban J connectivity index is 1.84. The van der Waals surface area contributed by atoms with E-state index in [4.69, 9.17) is 4.52 Å². The van der Waals surface area contributed by atoms with Crippen molar-refractivity contribution in [2.24, 2.45) is 0 Å². The van der Waals surface area contributed by atoms with Gasteiger partial charge >= 0.3 is 0 Å². The summed E-state index contributed by atoms with van der Waals surface area (Å²) in [4.78, 5) is 6.49. The molecule has 0 N–H and O–H groups in total. The van der Waals surface area contributed by atoms with Gasteiger partial charge in [-0.05, 0) is 50.7 Å². The number of hydrogen-bond donors (Lipinski definition) is 0. The number of aromatic nitrogens is 3. The van der Waals surface area contributed by atoms with E-state index in [0.717, 1.165) is 40.2 Å². The van der Waals surface area contributed by atoms with Crippen molar-refractivity contribution in [2.45, 2.75) is 20.4 Å². The second kappa shape index (κ2) is 6.42. The first-order chi connectivity index (χ1) is 12.5. The predicted octanol–water partition coefficient (Wildman–Crippen LogP) is 4.33. The lowest BCUT2D eigenvalue weighted by Gasteiger charge is -2.12. The Morgan fingerprint density at radius 1 is 1.08 bits per heavy atom. The van der Waals surface area contributed by atoms with Crippen LogP contribution in [-0.2, 0) is 6.54 Å². The lowest BCUT2D eigenvalue weighted by molar-refractivity contribution is 0.393. The Hall–Kier alpha value is -2.92. The second-order valence-electron chi connectivity index (χ2n) is 6.96. The van der Waals surface area contributed by atoms with Crippen LogP contribution in [-0.4, -0.2) is 33.5 Å². The quantitative estimate of drug-likeness (QED) is 0.552. The van der Waals surface area contributed by atoms with E-state index in [1.165, 1.54) is 11.1 Å². The van der Waals surface area contributed by atoms with Crippen LogP contribution in [0.25, 0.3) is 27.8 Å². The van der Waals surface area contributed by atoms with Gasteiger partial charge in [-0.25, -0.2) is 4.98 Å². The maximum Gasteiger partial charge on any atom is 0.141 e. The molecule has 0 unspecified atom stereocenters. The molecule has 5 nitrogen and oxygen atoms in total. The van der Waals surface area contributed by atoms with Gasteiger partial charge in [0, 0.05) is 23.9 Å². The minimum atomic E-state index is 0.823. The normalized spacial score (nSPS) is 11.6. The van der Waals surface area contributed by atoms with E-state index in [1.807, 2.05) is 26.4 Å². The highest BCUT2D eigenvalue weighted by Gasteiger charge is 2.16. The van der Waals surface area contributed by atoms with Gasteiger partial charge in [0.2, 0.25) is 0 Å². The van der Waals surface area contributed by atoms with E-state index < -0.39 is 0 Å². The first-order valence-electron chi connectivity index (χ1n) is 8.66. The molecule has 0 radical (unpaired) electrons. The van der Waals surface area contributed by atoms with Crippen LogP contribution in [0.5, 0.6) is 0 Å². The summed E-state index contributed by atoms with van der Waals surface area (Å²) in [6.45, 7) is 4.86. The molecule has 3 aromatic heterocycles. The first kappa shape index (κ1) is 16.5. The number of rotatable bonds is 4. The largest absolute Gasteiger partial charge is 0.361 e. The van der Waals surface area contributed by atoms with Gasteiger partial charge in [-0.3, -0.25) is 0 Å². The van der Waals surface area contributed by atoms with Crippen LogP contribution in [0.4, 0.5) is 0 Å². The molecule has 0 aliphatic carbocycles.